The lowest BCUT2D eigenvalue weighted by molar-refractivity contribution is 0.305. The molecule has 0 radical (unpaired) electrons. The van der Waals surface area contributed by atoms with Gasteiger partial charge in [-0.3, -0.25) is 0 Å². The third kappa shape index (κ3) is 3.42. The highest BCUT2D eigenvalue weighted by Crippen LogP contribution is 2.23. The maximum absolute atomic E-state index is 5.99. The second kappa shape index (κ2) is 6.72. The van der Waals surface area contributed by atoms with Crippen LogP contribution in [0.5, 0.6) is 5.75 Å². The van der Waals surface area contributed by atoms with Crippen LogP contribution < -0.4 is 4.74 Å². The minimum atomic E-state index is 0.570. The van der Waals surface area contributed by atoms with E-state index in [2.05, 4.69) is 23.1 Å². The van der Waals surface area contributed by atoms with Gasteiger partial charge in [-0.25, -0.2) is 0 Å². The number of hydrogen-bond acceptors (Lipinski definition) is 2. The van der Waals surface area contributed by atoms with Gasteiger partial charge in [0.25, 0.3) is 0 Å². The smallest absolute Gasteiger partial charge is 0.130 e. The predicted molar refractivity (Wildman–Crippen MR) is 89.7 cm³/mol. The molecule has 0 aromatic heterocycles. The Morgan fingerprint density at radius 1 is 0.952 bits per heavy atom. The summed E-state index contributed by atoms with van der Waals surface area (Å²) in [4.78, 5) is 3.19. The molecule has 3 rings (SSSR count). The van der Waals surface area contributed by atoms with Crippen LogP contribution in [0.2, 0.25) is 0 Å². The van der Waals surface area contributed by atoms with Gasteiger partial charge in [0.15, 0.2) is 0 Å². The molecule has 1 aliphatic rings. The minimum absolute atomic E-state index is 0.570. The molecule has 0 atom stereocenters. The van der Waals surface area contributed by atoms with E-state index in [1.165, 1.54) is 18.4 Å². The Morgan fingerprint density at radius 3 is 2.38 bits per heavy atom. The molecule has 0 N–H and O–H groups in total. The lowest BCUT2D eigenvalue weighted by Gasteiger charge is -2.20. The largest absolute Gasteiger partial charge is 0.488 e. The van der Waals surface area contributed by atoms with E-state index in [-0.39, 0.29) is 0 Å². The quantitative estimate of drug-likeness (QED) is 0.790. The molecule has 1 saturated heterocycles. The van der Waals surface area contributed by atoms with Crippen molar-refractivity contribution >= 4 is 17.2 Å². The normalized spacial score (nSPS) is 14.2. The molecule has 2 aromatic carbocycles. The van der Waals surface area contributed by atoms with Gasteiger partial charge < -0.3 is 9.64 Å². The third-order valence-corrected chi connectivity index (χ3v) is 4.23. The molecule has 1 heterocycles. The third-order valence-electron chi connectivity index (χ3n) is 3.75. The van der Waals surface area contributed by atoms with Crippen molar-refractivity contribution in [3.05, 3.63) is 65.7 Å². The van der Waals surface area contributed by atoms with Crippen molar-refractivity contribution in [2.45, 2.75) is 19.4 Å². The van der Waals surface area contributed by atoms with Crippen LogP contribution in [0.4, 0.5) is 0 Å². The molecule has 0 saturated carbocycles. The lowest BCUT2D eigenvalue weighted by atomic mass is 10.2. The number of para-hydroxylation sites is 1. The van der Waals surface area contributed by atoms with Crippen molar-refractivity contribution in [3.8, 4) is 5.75 Å². The van der Waals surface area contributed by atoms with Gasteiger partial charge >= 0.3 is 0 Å². The molecule has 2 aromatic rings. The number of ether oxygens (including phenoxy) is 1. The van der Waals surface area contributed by atoms with Crippen molar-refractivity contribution < 1.29 is 4.74 Å². The van der Waals surface area contributed by atoms with Crippen LogP contribution in [0.3, 0.4) is 0 Å². The highest BCUT2D eigenvalue weighted by atomic mass is 32.1. The maximum Gasteiger partial charge on any atom is 0.130 e. The van der Waals surface area contributed by atoms with Gasteiger partial charge in [-0.1, -0.05) is 54.7 Å². The van der Waals surface area contributed by atoms with Gasteiger partial charge in [-0.15, -0.1) is 0 Å². The van der Waals surface area contributed by atoms with Gasteiger partial charge in [0.1, 0.15) is 17.3 Å². The Balaban J connectivity index is 1.74. The fourth-order valence-corrected chi connectivity index (χ4v) is 2.95. The molecule has 0 aliphatic carbocycles. The summed E-state index contributed by atoms with van der Waals surface area (Å²) in [7, 11) is 0. The average Bonchev–Trinajstić information content (AvgIpc) is 3.08. The predicted octanol–water partition coefficient (Wildman–Crippen LogP) is 4.04. The van der Waals surface area contributed by atoms with E-state index in [4.69, 9.17) is 17.0 Å². The summed E-state index contributed by atoms with van der Waals surface area (Å²) in [6.07, 6.45) is 2.46. The van der Waals surface area contributed by atoms with Gasteiger partial charge in [0.2, 0.25) is 0 Å². The Morgan fingerprint density at radius 2 is 1.62 bits per heavy atom. The molecular formula is C18H19NOS. The van der Waals surface area contributed by atoms with Crippen molar-refractivity contribution in [1.82, 2.24) is 4.90 Å². The number of nitrogens with zero attached hydrogens (tertiary/aromatic N) is 1. The summed E-state index contributed by atoms with van der Waals surface area (Å²) >= 11 is 5.64. The summed E-state index contributed by atoms with van der Waals surface area (Å²) in [5.74, 6) is 0.873. The number of rotatable bonds is 4. The van der Waals surface area contributed by atoms with Crippen LogP contribution >= 0.6 is 12.2 Å². The van der Waals surface area contributed by atoms with Crippen LogP contribution in [-0.4, -0.2) is 23.0 Å². The first-order valence-electron chi connectivity index (χ1n) is 7.39. The van der Waals surface area contributed by atoms with Crippen LogP contribution in [-0.2, 0) is 6.61 Å². The molecule has 0 unspecified atom stereocenters. The number of likely N-dealkylation sites (tertiary alicyclic amines) is 1. The second-order valence-electron chi connectivity index (χ2n) is 5.27. The Hall–Kier alpha value is -1.87. The molecule has 0 spiro atoms. The van der Waals surface area contributed by atoms with Gasteiger partial charge in [0.05, 0.1) is 5.56 Å². The van der Waals surface area contributed by atoms with E-state index in [9.17, 15) is 0 Å². The number of hydrogen-bond donors (Lipinski definition) is 0. The fourth-order valence-electron chi connectivity index (χ4n) is 2.60. The Labute approximate surface area is 131 Å². The van der Waals surface area contributed by atoms with Crippen LogP contribution in [0, 0.1) is 0 Å². The first kappa shape index (κ1) is 14.1. The number of benzene rings is 2. The van der Waals surface area contributed by atoms with Crippen LogP contribution in [0.15, 0.2) is 54.6 Å². The zero-order valence-corrected chi connectivity index (χ0v) is 12.8. The molecule has 3 heteroatoms. The summed E-state index contributed by atoms with van der Waals surface area (Å²) in [6.45, 7) is 2.69. The molecular weight excluding hydrogens is 278 g/mol. The second-order valence-corrected chi connectivity index (χ2v) is 5.66. The van der Waals surface area contributed by atoms with Gasteiger partial charge in [0, 0.05) is 13.1 Å². The summed E-state index contributed by atoms with van der Waals surface area (Å²) in [6, 6.07) is 18.3. The summed E-state index contributed by atoms with van der Waals surface area (Å²) in [5, 5.41) is 0. The zero-order chi connectivity index (χ0) is 14.5. The van der Waals surface area contributed by atoms with E-state index < -0.39 is 0 Å². The number of thiocarbonyl (C=S) groups is 1. The fraction of sp³-hybridized carbons (Fsp3) is 0.278. The van der Waals surface area contributed by atoms with Crippen LogP contribution in [0.25, 0.3) is 0 Å². The monoisotopic (exact) mass is 297 g/mol. The van der Waals surface area contributed by atoms with Crippen molar-refractivity contribution in [2.75, 3.05) is 13.1 Å². The molecule has 1 fully saturated rings. The van der Waals surface area contributed by atoms with E-state index in [1.807, 2.05) is 36.4 Å². The van der Waals surface area contributed by atoms with Crippen molar-refractivity contribution in [1.29, 1.82) is 0 Å². The topological polar surface area (TPSA) is 12.5 Å². The molecule has 2 nitrogen and oxygen atoms in total. The van der Waals surface area contributed by atoms with E-state index in [0.717, 1.165) is 29.4 Å². The van der Waals surface area contributed by atoms with Crippen molar-refractivity contribution in [2.24, 2.45) is 0 Å². The van der Waals surface area contributed by atoms with E-state index >= 15 is 0 Å². The zero-order valence-electron chi connectivity index (χ0n) is 12.0. The molecule has 0 bridgehead atoms. The Kier molecular flexibility index (Phi) is 4.51. The molecule has 0 amide bonds. The first-order chi connectivity index (χ1) is 10.3. The SMILES string of the molecule is S=C(c1ccccc1OCc1ccccc1)N1CCCC1. The summed E-state index contributed by atoms with van der Waals surface area (Å²) < 4.78 is 5.99. The maximum atomic E-state index is 5.99. The van der Waals surface area contributed by atoms with Crippen LogP contribution in [0.1, 0.15) is 24.0 Å². The highest BCUT2D eigenvalue weighted by molar-refractivity contribution is 7.80. The highest BCUT2D eigenvalue weighted by Gasteiger charge is 2.18. The minimum Gasteiger partial charge on any atom is -0.488 e. The molecule has 21 heavy (non-hydrogen) atoms. The molecule has 108 valence electrons. The average molecular weight is 297 g/mol. The Bertz CT molecular complexity index is 606. The van der Waals surface area contributed by atoms with Gasteiger partial charge in [-0.2, -0.15) is 0 Å². The van der Waals surface area contributed by atoms with Crippen molar-refractivity contribution in [3.63, 3.8) is 0 Å². The summed E-state index contributed by atoms with van der Waals surface area (Å²) in [5.41, 5.74) is 2.20. The molecule has 1 aliphatic heterocycles. The standard InChI is InChI=1S/C18H19NOS/c21-18(19-12-6-7-13-19)16-10-4-5-11-17(16)20-14-15-8-2-1-3-9-15/h1-5,8-11H,6-7,12-14H2. The van der Waals surface area contributed by atoms with E-state index in [0.29, 0.717) is 6.61 Å². The lowest BCUT2D eigenvalue weighted by Crippen LogP contribution is -2.27. The van der Waals surface area contributed by atoms with Gasteiger partial charge in [-0.05, 0) is 30.5 Å². The first-order valence-corrected chi connectivity index (χ1v) is 7.80. The van der Waals surface area contributed by atoms with E-state index in [1.54, 1.807) is 0 Å².